The first-order valence-corrected chi connectivity index (χ1v) is 7.45. The van der Waals surface area contributed by atoms with Crippen molar-refractivity contribution >= 4 is 11.6 Å². The highest BCUT2D eigenvalue weighted by Crippen LogP contribution is 2.33. The van der Waals surface area contributed by atoms with Gasteiger partial charge in [0.05, 0.1) is 19.3 Å². The largest absolute Gasteiger partial charge is 0.493 e. The fraction of sp³-hybridized carbons (Fsp3) is 0.600. The van der Waals surface area contributed by atoms with E-state index in [1.165, 1.54) is 19.3 Å². The maximum absolute atomic E-state index is 6.11. The SMILES string of the molecule is Clc1ccc(OCC2CCC2)c(C2CNCCO2)c1. The van der Waals surface area contributed by atoms with Crippen LogP contribution in [0.25, 0.3) is 0 Å². The Morgan fingerprint density at radius 2 is 2.26 bits per heavy atom. The van der Waals surface area contributed by atoms with Crippen LogP contribution in [0.1, 0.15) is 30.9 Å². The average molecular weight is 282 g/mol. The van der Waals surface area contributed by atoms with Crippen molar-refractivity contribution in [1.29, 1.82) is 0 Å². The Hall–Kier alpha value is -0.770. The molecule has 3 rings (SSSR count). The van der Waals surface area contributed by atoms with E-state index in [1.54, 1.807) is 0 Å². The monoisotopic (exact) mass is 281 g/mol. The van der Waals surface area contributed by atoms with E-state index >= 15 is 0 Å². The summed E-state index contributed by atoms with van der Waals surface area (Å²) in [5.41, 5.74) is 1.07. The van der Waals surface area contributed by atoms with Gasteiger partial charge in [-0.05, 0) is 37.0 Å². The van der Waals surface area contributed by atoms with E-state index in [4.69, 9.17) is 21.1 Å². The summed E-state index contributed by atoms with van der Waals surface area (Å²) in [5.74, 6) is 1.65. The van der Waals surface area contributed by atoms with E-state index in [2.05, 4.69) is 5.32 Å². The zero-order chi connectivity index (χ0) is 13.1. The molecular weight excluding hydrogens is 262 g/mol. The Bertz CT molecular complexity index is 428. The van der Waals surface area contributed by atoms with E-state index in [1.807, 2.05) is 18.2 Å². The van der Waals surface area contributed by atoms with Crippen molar-refractivity contribution in [3.8, 4) is 5.75 Å². The summed E-state index contributed by atoms with van der Waals surface area (Å²) in [6.45, 7) is 3.28. The molecule has 0 amide bonds. The normalized spacial score (nSPS) is 23.9. The summed E-state index contributed by atoms with van der Waals surface area (Å²) in [6.07, 6.45) is 3.98. The molecule has 1 aromatic carbocycles. The first-order valence-electron chi connectivity index (χ1n) is 7.07. The molecule has 0 aromatic heterocycles. The number of ether oxygens (including phenoxy) is 2. The van der Waals surface area contributed by atoms with Gasteiger partial charge in [0.15, 0.2) is 0 Å². The maximum atomic E-state index is 6.11. The lowest BCUT2D eigenvalue weighted by molar-refractivity contribution is 0.0253. The molecule has 2 fully saturated rings. The molecule has 1 saturated heterocycles. The molecular formula is C15H20ClNO2. The zero-order valence-corrected chi connectivity index (χ0v) is 11.8. The quantitative estimate of drug-likeness (QED) is 0.919. The van der Waals surface area contributed by atoms with Crippen molar-refractivity contribution in [1.82, 2.24) is 5.32 Å². The van der Waals surface area contributed by atoms with E-state index < -0.39 is 0 Å². The Morgan fingerprint density at radius 3 is 2.95 bits per heavy atom. The summed E-state index contributed by atoms with van der Waals surface area (Å²) in [4.78, 5) is 0. The first-order chi connectivity index (χ1) is 9.33. The summed E-state index contributed by atoms with van der Waals surface area (Å²) in [6, 6.07) is 5.82. The van der Waals surface area contributed by atoms with Crippen molar-refractivity contribution in [2.75, 3.05) is 26.3 Å². The minimum absolute atomic E-state index is 0.0452. The van der Waals surface area contributed by atoms with Gasteiger partial charge in [-0.25, -0.2) is 0 Å². The minimum Gasteiger partial charge on any atom is -0.493 e. The molecule has 1 unspecified atom stereocenters. The third kappa shape index (κ3) is 3.22. The van der Waals surface area contributed by atoms with Crippen LogP contribution >= 0.6 is 11.6 Å². The molecule has 1 saturated carbocycles. The second kappa shape index (κ2) is 6.12. The van der Waals surface area contributed by atoms with Crippen LogP contribution in [0.5, 0.6) is 5.75 Å². The molecule has 1 aliphatic heterocycles. The predicted molar refractivity (Wildman–Crippen MR) is 75.9 cm³/mol. The molecule has 19 heavy (non-hydrogen) atoms. The van der Waals surface area contributed by atoms with Gasteiger partial charge in [0.25, 0.3) is 0 Å². The van der Waals surface area contributed by atoms with Gasteiger partial charge in [0, 0.05) is 23.7 Å². The van der Waals surface area contributed by atoms with Crippen molar-refractivity contribution in [2.24, 2.45) is 5.92 Å². The smallest absolute Gasteiger partial charge is 0.125 e. The molecule has 1 heterocycles. The molecule has 104 valence electrons. The fourth-order valence-corrected chi connectivity index (χ4v) is 2.72. The molecule has 3 nitrogen and oxygen atoms in total. The highest BCUT2D eigenvalue weighted by atomic mass is 35.5. The van der Waals surface area contributed by atoms with Crippen LogP contribution in [-0.4, -0.2) is 26.3 Å². The van der Waals surface area contributed by atoms with Crippen LogP contribution in [0.3, 0.4) is 0 Å². The van der Waals surface area contributed by atoms with Gasteiger partial charge < -0.3 is 14.8 Å². The lowest BCUT2D eigenvalue weighted by Crippen LogP contribution is -2.33. The third-order valence-corrected chi connectivity index (χ3v) is 4.18. The van der Waals surface area contributed by atoms with E-state index in [0.717, 1.165) is 48.6 Å². The van der Waals surface area contributed by atoms with Gasteiger partial charge in [-0.15, -0.1) is 0 Å². The molecule has 4 heteroatoms. The van der Waals surface area contributed by atoms with Crippen molar-refractivity contribution in [3.05, 3.63) is 28.8 Å². The Kier molecular flexibility index (Phi) is 4.26. The second-order valence-corrected chi connectivity index (χ2v) is 5.79. The lowest BCUT2D eigenvalue weighted by Gasteiger charge is -2.28. The van der Waals surface area contributed by atoms with Crippen molar-refractivity contribution in [3.63, 3.8) is 0 Å². The highest BCUT2D eigenvalue weighted by Gasteiger charge is 2.22. The Labute approximate surface area is 119 Å². The molecule has 0 spiro atoms. The molecule has 1 N–H and O–H groups in total. The summed E-state index contributed by atoms with van der Waals surface area (Å²) >= 11 is 6.11. The number of nitrogens with one attached hydrogen (secondary N) is 1. The minimum atomic E-state index is 0.0452. The van der Waals surface area contributed by atoms with E-state index in [9.17, 15) is 0 Å². The van der Waals surface area contributed by atoms with E-state index in [-0.39, 0.29) is 6.10 Å². The second-order valence-electron chi connectivity index (χ2n) is 5.35. The van der Waals surface area contributed by atoms with E-state index in [0.29, 0.717) is 0 Å². The molecule has 1 atom stereocenters. The number of hydrogen-bond donors (Lipinski definition) is 1. The van der Waals surface area contributed by atoms with Gasteiger partial charge in [0.2, 0.25) is 0 Å². The lowest BCUT2D eigenvalue weighted by atomic mass is 9.86. The molecule has 1 aromatic rings. The number of benzene rings is 1. The number of rotatable bonds is 4. The van der Waals surface area contributed by atoms with Gasteiger partial charge in [-0.2, -0.15) is 0 Å². The summed E-state index contributed by atoms with van der Waals surface area (Å²) < 4.78 is 11.8. The van der Waals surface area contributed by atoms with Crippen LogP contribution in [0.4, 0.5) is 0 Å². The van der Waals surface area contributed by atoms with Crippen LogP contribution < -0.4 is 10.1 Å². The maximum Gasteiger partial charge on any atom is 0.125 e. The molecule has 1 aliphatic carbocycles. The highest BCUT2D eigenvalue weighted by molar-refractivity contribution is 6.30. The zero-order valence-electron chi connectivity index (χ0n) is 11.0. The standard InChI is InChI=1S/C15H20ClNO2/c16-12-4-5-14(19-10-11-2-1-3-11)13(8-12)15-9-17-6-7-18-15/h4-5,8,11,15,17H,1-3,6-7,9-10H2. The number of halogens is 1. The molecule has 0 bridgehead atoms. The number of morpholine rings is 1. The Balaban J connectivity index is 1.73. The predicted octanol–water partition coefficient (Wildman–Crippen LogP) is 3.18. The van der Waals surface area contributed by atoms with Gasteiger partial charge >= 0.3 is 0 Å². The molecule has 2 aliphatic rings. The summed E-state index contributed by atoms with van der Waals surface area (Å²) in [5, 5.41) is 4.08. The van der Waals surface area contributed by atoms with Crippen LogP contribution in [0.15, 0.2) is 18.2 Å². The van der Waals surface area contributed by atoms with Gasteiger partial charge in [-0.3, -0.25) is 0 Å². The Morgan fingerprint density at radius 1 is 1.37 bits per heavy atom. The number of hydrogen-bond acceptors (Lipinski definition) is 3. The fourth-order valence-electron chi connectivity index (χ4n) is 2.53. The van der Waals surface area contributed by atoms with Gasteiger partial charge in [-0.1, -0.05) is 18.0 Å². The average Bonchev–Trinajstić information content (AvgIpc) is 2.39. The topological polar surface area (TPSA) is 30.5 Å². The van der Waals surface area contributed by atoms with Crippen LogP contribution in [0, 0.1) is 5.92 Å². The van der Waals surface area contributed by atoms with Crippen molar-refractivity contribution < 1.29 is 9.47 Å². The van der Waals surface area contributed by atoms with Crippen molar-refractivity contribution in [2.45, 2.75) is 25.4 Å². The van der Waals surface area contributed by atoms with Gasteiger partial charge in [0.1, 0.15) is 5.75 Å². The van der Waals surface area contributed by atoms with Crippen LogP contribution in [0.2, 0.25) is 5.02 Å². The summed E-state index contributed by atoms with van der Waals surface area (Å²) in [7, 11) is 0. The third-order valence-electron chi connectivity index (χ3n) is 3.95. The molecule has 0 radical (unpaired) electrons. The first kappa shape index (κ1) is 13.2. The van der Waals surface area contributed by atoms with Crippen LogP contribution in [-0.2, 0) is 4.74 Å².